The van der Waals surface area contributed by atoms with Gasteiger partial charge in [0.2, 0.25) is 0 Å². The van der Waals surface area contributed by atoms with Crippen LogP contribution >= 0.6 is 0 Å². The Morgan fingerprint density at radius 1 is 1.22 bits per heavy atom. The maximum atomic E-state index is 11.7. The van der Waals surface area contributed by atoms with Crippen molar-refractivity contribution in [3.8, 4) is 0 Å². The predicted octanol–water partition coefficient (Wildman–Crippen LogP) is 2.48. The molecular weight excluding hydrogens is 316 g/mol. The minimum absolute atomic E-state index is 0.0320. The number of hydrogen-bond acceptors (Lipinski definition) is 5. The Hall–Kier alpha value is -0.820. The van der Waals surface area contributed by atoms with Crippen molar-refractivity contribution >= 4 is 15.9 Å². The van der Waals surface area contributed by atoms with Crippen molar-refractivity contribution in [1.82, 2.24) is 10.6 Å². The van der Waals surface area contributed by atoms with Gasteiger partial charge >= 0.3 is 6.09 Å². The van der Waals surface area contributed by atoms with Crippen LogP contribution in [0.25, 0.3) is 0 Å². The van der Waals surface area contributed by atoms with Gasteiger partial charge in [-0.1, -0.05) is 26.7 Å². The lowest BCUT2D eigenvalue weighted by molar-refractivity contribution is 0.0521. The van der Waals surface area contributed by atoms with Crippen LogP contribution in [0.3, 0.4) is 0 Å². The van der Waals surface area contributed by atoms with Crippen LogP contribution < -0.4 is 10.6 Å². The number of ether oxygens (including phenoxy) is 1. The van der Waals surface area contributed by atoms with Crippen LogP contribution in [0.15, 0.2) is 0 Å². The van der Waals surface area contributed by atoms with Crippen LogP contribution in [0, 0.1) is 0 Å². The van der Waals surface area contributed by atoms with Gasteiger partial charge in [0.25, 0.3) is 0 Å². The second-order valence-corrected chi connectivity index (χ2v) is 9.39. The zero-order valence-electron chi connectivity index (χ0n) is 15.4. The van der Waals surface area contributed by atoms with E-state index in [0.717, 1.165) is 19.3 Å². The molecule has 0 spiro atoms. The zero-order chi connectivity index (χ0) is 18.1. The van der Waals surface area contributed by atoms with Crippen molar-refractivity contribution < 1.29 is 17.9 Å². The third-order valence-corrected chi connectivity index (χ3v) is 5.15. The summed E-state index contributed by atoms with van der Waals surface area (Å²) < 4.78 is 28.6. The Balaban J connectivity index is 4.49. The highest BCUT2D eigenvalue weighted by Gasteiger charge is 2.20. The topological polar surface area (TPSA) is 84.5 Å². The van der Waals surface area contributed by atoms with Crippen molar-refractivity contribution in [3.05, 3.63) is 0 Å². The molecule has 2 atom stereocenters. The summed E-state index contributed by atoms with van der Waals surface area (Å²) in [5, 5.41) is 6.07. The SMILES string of the molecule is CCCCC(CNC(=O)OC(C)(C)C)NC(C)CS(=O)(=O)CC. The van der Waals surface area contributed by atoms with Crippen molar-refractivity contribution in [2.24, 2.45) is 0 Å². The predicted molar refractivity (Wildman–Crippen MR) is 94.5 cm³/mol. The Kier molecular flexibility index (Phi) is 9.77. The summed E-state index contributed by atoms with van der Waals surface area (Å²) in [5.41, 5.74) is -0.529. The highest BCUT2D eigenvalue weighted by atomic mass is 32.2. The molecule has 7 heteroatoms. The van der Waals surface area contributed by atoms with Gasteiger partial charge in [-0.15, -0.1) is 0 Å². The molecule has 1 amide bonds. The molecule has 0 heterocycles. The first-order valence-corrected chi connectivity index (χ1v) is 10.2. The summed E-state index contributed by atoms with van der Waals surface area (Å²) >= 11 is 0. The van der Waals surface area contributed by atoms with Crippen LogP contribution in [0.5, 0.6) is 0 Å². The highest BCUT2D eigenvalue weighted by Crippen LogP contribution is 2.07. The summed E-state index contributed by atoms with van der Waals surface area (Å²) in [4.78, 5) is 11.7. The monoisotopic (exact) mass is 350 g/mol. The Morgan fingerprint density at radius 2 is 1.83 bits per heavy atom. The standard InChI is InChI=1S/C16H34N2O4S/c1-7-9-10-14(11-17-15(19)22-16(4,5)6)18-13(3)12-23(20,21)8-2/h13-14,18H,7-12H2,1-6H3,(H,17,19). The van der Waals surface area contributed by atoms with E-state index in [9.17, 15) is 13.2 Å². The Bertz CT molecular complexity index is 443. The van der Waals surface area contributed by atoms with E-state index in [2.05, 4.69) is 17.6 Å². The number of carbonyl (C=O) groups is 1. The van der Waals surface area contributed by atoms with Crippen molar-refractivity contribution in [3.63, 3.8) is 0 Å². The van der Waals surface area contributed by atoms with Gasteiger partial charge in [-0.2, -0.15) is 0 Å². The average Bonchev–Trinajstić information content (AvgIpc) is 2.39. The molecule has 0 saturated carbocycles. The molecule has 2 unspecified atom stereocenters. The molecular formula is C16H34N2O4S. The second kappa shape index (κ2) is 10.1. The van der Waals surface area contributed by atoms with Crippen LogP contribution in [-0.4, -0.2) is 50.2 Å². The lowest BCUT2D eigenvalue weighted by Crippen LogP contribution is -2.47. The van der Waals surface area contributed by atoms with Crippen LogP contribution in [0.1, 0.15) is 60.8 Å². The normalized spacial score (nSPS) is 15.0. The van der Waals surface area contributed by atoms with Gasteiger partial charge in [0.05, 0.1) is 5.75 Å². The van der Waals surface area contributed by atoms with E-state index >= 15 is 0 Å². The van der Waals surface area contributed by atoms with Crippen molar-refractivity contribution in [1.29, 1.82) is 0 Å². The number of unbranched alkanes of at least 4 members (excludes halogenated alkanes) is 1. The molecule has 0 saturated heterocycles. The molecule has 6 nitrogen and oxygen atoms in total. The molecule has 0 aliphatic carbocycles. The number of sulfone groups is 1. The minimum atomic E-state index is -3.01. The molecule has 0 rings (SSSR count). The smallest absolute Gasteiger partial charge is 0.407 e. The van der Waals surface area contributed by atoms with Crippen molar-refractivity contribution in [2.45, 2.75) is 78.5 Å². The van der Waals surface area contributed by atoms with E-state index in [4.69, 9.17) is 4.74 Å². The number of alkyl carbamates (subject to hydrolysis) is 1. The fourth-order valence-corrected chi connectivity index (χ4v) is 3.26. The second-order valence-electron chi connectivity index (χ2n) is 6.99. The summed E-state index contributed by atoms with van der Waals surface area (Å²) in [6.07, 6.45) is 2.49. The number of hydrogen-bond donors (Lipinski definition) is 2. The number of rotatable bonds is 10. The third-order valence-electron chi connectivity index (χ3n) is 3.26. The van der Waals surface area contributed by atoms with E-state index < -0.39 is 21.5 Å². The molecule has 0 fully saturated rings. The number of amides is 1. The zero-order valence-corrected chi connectivity index (χ0v) is 16.3. The molecule has 23 heavy (non-hydrogen) atoms. The van der Waals surface area contributed by atoms with Gasteiger partial charge in [0.1, 0.15) is 5.60 Å². The van der Waals surface area contributed by atoms with Gasteiger partial charge < -0.3 is 15.4 Å². The number of nitrogens with one attached hydrogen (secondary N) is 2. The third kappa shape index (κ3) is 12.3. The van der Waals surface area contributed by atoms with E-state index in [-0.39, 0.29) is 23.6 Å². The summed E-state index contributed by atoms with van der Waals surface area (Å²) in [6.45, 7) is 11.5. The Morgan fingerprint density at radius 3 is 2.30 bits per heavy atom. The molecule has 2 N–H and O–H groups in total. The molecule has 0 aromatic heterocycles. The first-order valence-electron chi connectivity index (χ1n) is 8.42. The first kappa shape index (κ1) is 22.2. The molecule has 0 aliphatic heterocycles. The summed E-state index contributed by atoms with van der Waals surface area (Å²) in [6, 6.07) is -0.119. The summed E-state index contributed by atoms with van der Waals surface area (Å²) in [7, 11) is -3.01. The molecule has 0 aliphatic rings. The van der Waals surface area contributed by atoms with Gasteiger partial charge in [-0.3, -0.25) is 0 Å². The maximum absolute atomic E-state index is 11.7. The quantitative estimate of drug-likeness (QED) is 0.632. The van der Waals surface area contributed by atoms with Crippen LogP contribution in [-0.2, 0) is 14.6 Å². The first-order chi connectivity index (χ1) is 10.5. The van der Waals surface area contributed by atoms with Gasteiger partial charge in [-0.25, -0.2) is 13.2 Å². The maximum Gasteiger partial charge on any atom is 0.407 e. The fourth-order valence-electron chi connectivity index (χ4n) is 2.16. The average molecular weight is 351 g/mol. The minimum Gasteiger partial charge on any atom is -0.444 e. The van der Waals surface area contributed by atoms with Gasteiger partial charge in [0, 0.05) is 24.4 Å². The highest BCUT2D eigenvalue weighted by molar-refractivity contribution is 7.91. The van der Waals surface area contributed by atoms with Crippen molar-refractivity contribution in [2.75, 3.05) is 18.1 Å². The van der Waals surface area contributed by atoms with Crippen LogP contribution in [0.2, 0.25) is 0 Å². The number of carbonyl (C=O) groups excluding carboxylic acids is 1. The molecule has 0 aromatic rings. The van der Waals surface area contributed by atoms with Gasteiger partial charge in [-0.05, 0) is 34.1 Å². The van der Waals surface area contributed by atoms with Crippen LogP contribution in [0.4, 0.5) is 4.79 Å². The molecule has 0 bridgehead atoms. The molecule has 0 aromatic carbocycles. The lowest BCUT2D eigenvalue weighted by atomic mass is 10.1. The largest absolute Gasteiger partial charge is 0.444 e. The molecule has 138 valence electrons. The lowest BCUT2D eigenvalue weighted by Gasteiger charge is -2.25. The van der Waals surface area contributed by atoms with E-state index in [0.29, 0.717) is 6.54 Å². The van der Waals surface area contributed by atoms with E-state index in [1.54, 1.807) is 6.92 Å². The van der Waals surface area contributed by atoms with Gasteiger partial charge in [0.15, 0.2) is 9.84 Å². The van der Waals surface area contributed by atoms with E-state index in [1.165, 1.54) is 0 Å². The molecule has 0 radical (unpaired) electrons. The Labute approximate surface area is 141 Å². The summed E-state index contributed by atoms with van der Waals surface area (Å²) in [5.74, 6) is 0.257. The fraction of sp³-hybridized carbons (Fsp3) is 0.938. The van der Waals surface area contributed by atoms with E-state index in [1.807, 2.05) is 27.7 Å².